The third-order valence-electron chi connectivity index (χ3n) is 3.69. The first-order valence-electron chi connectivity index (χ1n) is 6.90. The molecule has 4 nitrogen and oxygen atoms in total. The van der Waals surface area contributed by atoms with Gasteiger partial charge in [0, 0.05) is 24.7 Å². The van der Waals surface area contributed by atoms with Crippen molar-refractivity contribution < 1.29 is 9.90 Å². The second-order valence-corrected chi connectivity index (χ2v) is 5.28. The molecule has 2 unspecified atom stereocenters. The zero-order valence-electron chi connectivity index (χ0n) is 11.4. The highest BCUT2D eigenvalue weighted by atomic mass is 16.3. The van der Waals surface area contributed by atoms with Crippen molar-refractivity contribution in [2.75, 3.05) is 6.54 Å². The van der Waals surface area contributed by atoms with Crippen LogP contribution in [-0.4, -0.2) is 34.6 Å². The fraction of sp³-hybridized carbons (Fsp3) is 0.533. The lowest BCUT2D eigenvalue weighted by Gasteiger charge is -2.25. The van der Waals surface area contributed by atoms with Gasteiger partial charge in [0.05, 0.1) is 6.10 Å². The molecule has 0 aromatic heterocycles. The molecule has 0 aliphatic carbocycles. The molecule has 0 saturated carbocycles. The number of hydrogen-bond donors (Lipinski definition) is 2. The summed E-state index contributed by atoms with van der Waals surface area (Å²) in [6.07, 6.45) is 2.30. The van der Waals surface area contributed by atoms with Crippen LogP contribution in [0.4, 0.5) is 0 Å². The van der Waals surface area contributed by atoms with Crippen molar-refractivity contribution in [3.63, 3.8) is 0 Å². The van der Waals surface area contributed by atoms with Crippen LogP contribution in [0.5, 0.6) is 0 Å². The largest absolute Gasteiger partial charge is 0.393 e. The number of amides is 1. The number of nitrogens with two attached hydrogens (primary N) is 1. The lowest BCUT2D eigenvalue weighted by atomic mass is 10.1. The number of likely N-dealkylation sites (tertiary alicyclic amines) is 1. The Morgan fingerprint density at radius 1 is 1.47 bits per heavy atom. The van der Waals surface area contributed by atoms with Crippen LogP contribution < -0.4 is 5.73 Å². The van der Waals surface area contributed by atoms with Crippen molar-refractivity contribution in [1.82, 2.24) is 4.90 Å². The second kappa shape index (κ2) is 6.17. The van der Waals surface area contributed by atoms with E-state index >= 15 is 0 Å². The highest BCUT2D eigenvalue weighted by Crippen LogP contribution is 2.23. The predicted molar refractivity (Wildman–Crippen MR) is 74.7 cm³/mol. The number of aliphatic hydroxyl groups is 1. The first-order valence-corrected chi connectivity index (χ1v) is 6.90. The summed E-state index contributed by atoms with van der Waals surface area (Å²) in [6, 6.07) is 7.63. The first-order chi connectivity index (χ1) is 9.11. The van der Waals surface area contributed by atoms with Crippen molar-refractivity contribution in [1.29, 1.82) is 0 Å². The van der Waals surface area contributed by atoms with Crippen LogP contribution in [0.15, 0.2) is 24.3 Å². The van der Waals surface area contributed by atoms with Gasteiger partial charge in [0.1, 0.15) is 0 Å². The van der Waals surface area contributed by atoms with E-state index in [1.165, 1.54) is 0 Å². The van der Waals surface area contributed by atoms with Crippen molar-refractivity contribution >= 4 is 5.91 Å². The Balaban J connectivity index is 2.09. The minimum atomic E-state index is -0.363. The van der Waals surface area contributed by atoms with E-state index < -0.39 is 0 Å². The third kappa shape index (κ3) is 3.33. The number of hydrogen-bond acceptors (Lipinski definition) is 3. The van der Waals surface area contributed by atoms with Gasteiger partial charge in [0.25, 0.3) is 5.91 Å². The van der Waals surface area contributed by atoms with E-state index in [0.717, 1.165) is 24.9 Å². The molecule has 1 aliphatic rings. The molecular formula is C15H22N2O2. The number of nitrogens with zero attached hydrogens (tertiary/aromatic N) is 1. The first kappa shape index (κ1) is 14.0. The molecule has 3 N–H and O–H groups in total. The van der Waals surface area contributed by atoms with Gasteiger partial charge in [-0.3, -0.25) is 4.79 Å². The van der Waals surface area contributed by atoms with Gasteiger partial charge < -0.3 is 15.7 Å². The van der Waals surface area contributed by atoms with E-state index in [1.54, 1.807) is 6.92 Å². The Kier molecular flexibility index (Phi) is 4.56. The quantitative estimate of drug-likeness (QED) is 0.864. The van der Waals surface area contributed by atoms with Crippen molar-refractivity contribution in [2.45, 2.75) is 44.9 Å². The molecule has 1 fully saturated rings. The van der Waals surface area contributed by atoms with E-state index in [2.05, 4.69) is 0 Å². The Hall–Kier alpha value is -1.39. The zero-order valence-corrected chi connectivity index (χ0v) is 11.4. The molecule has 0 radical (unpaired) electrons. The highest BCUT2D eigenvalue weighted by molar-refractivity contribution is 5.94. The van der Waals surface area contributed by atoms with Crippen LogP contribution in [0.25, 0.3) is 0 Å². The summed E-state index contributed by atoms with van der Waals surface area (Å²) in [5.41, 5.74) is 7.28. The molecule has 104 valence electrons. The van der Waals surface area contributed by atoms with E-state index in [1.807, 2.05) is 29.2 Å². The molecule has 1 aliphatic heterocycles. The van der Waals surface area contributed by atoms with Crippen molar-refractivity contribution in [2.24, 2.45) is 5.73 Å². The summed E-state index contributed by atoms with van der Waals surface area (Å²) in [5.74, 6) is 0.0618. The number of benzene rings is 1. The van der Waals surface area contributed by atoms with Gasteiger partial charge >= 0.3 is 0 Å². The number of carbonyl (C=O) groups is 1. The molecule has 1 saturated heterocycles. The van der Waals surface area contributed by atoms with E-state index in [9.17, 15) is 9.90 Å². The molecule has 2 rings (SSSR count). The smallest absolute Gasteiger partial charge is 0.254 e. The normalized spacial score (nSPS) is 20.6. The summed E-state index contributed by atoms with van der Waals surface area (Å²) >= 11 is 0. The molecule has 1 aromatic rings. The SMILES string of the molecule is CC(O)CC1CCCN1C(=O)c1ccc(CN)cc1. The van der Waals surface area contributed by atoms with Gasteiger partial charge in [0.2, 0.25) is 0 Å². The van der Waals surface area contributed by atoms with E-state index in [-0.39, 0.29) is 18.1 Å². The molecular weight excluding hydrogens is 240 g/mol. The van der Waals surface area contributed by atoms with Gasteiger partial charge in [0.15, 0.2) is 0 Å². The zero-order chi connectivity index (χ0) is 13.8. The van der Waals surface area contributed by atoms with Crippen molar-refractivity contribution in [3.05, 3.63) is 35.4 Å². The van der Waals surface area contributed by atoms with Gasteiger partial charge in [-0.2, -0.15) is 0 Å². The lowest BCUT2D eigenvalue weighted by molar-refractivity contribution is 0.0682. The molecule has 4 heteroatoms. The van der Waals surface area contributed by atoms with Crippen LogP contribution in [0, 0.1) is 0 Å². The van der Waals surface area contributed by atoms with Crippen molar-refractivity contribution in [3.8, 4) is 0 Å². The summed E-state index contributed by atoms with van der Waals surface area (Å²) in [6.45, 7) is 3.05. The van der Waals surface area contributed by atoms with Crippen LogP contribution in [0.1, 0.15) is 42.1 Å². The Morgan fingerprint density at radius 3 is 2.74 bits per heavy atom. The number of rotatable bonds is 4. The standard InChI is InChI=1S/C15H22N2O2/c1-11(18)9-14-3-2-8-17(14)15(19)13-6-4-12(10-16)5-7-13/h4-7,11,14,18H,2-3,8-10,16H2,1H3. The molecule has 2 atom stereocenters. The molecule has 0 spiro atoms. The maximum atomic E-state index is 12.5. The third-order valence-corrected chi connectivity index (χ3v) is 3.69. The topological polar surface area (TPSA) is 66.6 Å². The number of carbonyl (C=O) groups excluding carboxylic acids is 1. The van der Waals surface area contributed by atoms with Gasteiger partial charge in [-0.15, -0.1) is 0 Å². The minimum absolute atomic E-state index is 0.0618. The predicted octanol–water partition coefficient (Wildman–Crippen LogP) is 1.52. The average Bonchev–Trinajstić information content (AvgIpc) is 2.85. The summed E-state index contributed by atoms with van der Waals surface area (Å²) in [5, 5.41) is 9.50. The summed E-state index contributed by atoms with van der Waals surface area (Å²) in [4.78, 5) is 14.3. The molecule has 1 amide bonds. The van der Waals surface area contributed by atoms with Crippen LogP contribution in [0.2, 0.25) is 0 Å². The van der Waals surface area contributed by atoms with Gasteiger partial charge in [-0.25, -0.2) is 0 Å². The molecule has 1 heterocycles. The summed E-state index contributed by atoms with van der Waals surface area (Å²) < 4.78 is 0. The monoisotopic (exact) mass is 262 g/mol. The molecule has 19 heavy (non-hydrogen) atoms. The highest BCUT2D eigenvalue weighted by Gasteiger charge is 2.29. The van der Waals surface area contributed by atoms with Gasteiger partial charge in [-0.1, -0.05) is 12.1 Å². The lowest BCUT2D eigenvalue weighted by Crippen LogP contribution is -2.37. The van der Waals surface area contributed by atoms with E-state index in [4.69, 9.17) is 5.73 Å². The van der Waals surface area contributed by atoms with Crippen LogP contribution in [0.3, 0.4) is 0 Å². The molecule has 0 bridgehead atoms. The average molecular weight is 262 g/mol. The van der Waals surface area contributed by atoms with Crippen LogP contribution in [-0.2, 0) is 6.54 Å². The Morgan fingerprint density at radius 2 is 2.16 bits per heavy atom. The Bertz CT molecular complexity index is 428. The maximum Gasteiger partial charge on any atom is 0.254 e. The number of aliphatic hydroxyl groups excluding tert-OH is 1. The summed E-state index contributed by atoms with van der Waals surface area (Å²) in [7, 11) is 0. The maximum absolute atomic E-state index is 12.5. The van der Waals surface area contributed by atoms with Crippen LogP contribution >= 0.6 is 0 Å². The molecule has 1 aromatic carbocycles. The minimum Gasteiger partial charge on any atom is -0.393 e. The Labute approximate surface area is 114 Å². The fourth-order valence-corrected chi connectivity index (χ4v) is 2.69. The van der Waals surface area contributed by atoms with Gasteiger partial charge in [-0.05, 0) is 43.9 Å². The van der Waals surface area contributed by atoms with E-state index in [0.29, 0.717) is 18.5 Å². The second-order valence-electron chi connectivity index (χ2n) is 5.28. The fourth-order valence-electron chi connectivity index (χ4n) is 2.69.